The largest absolute Gasteiger partial charge is 0.463 e. The first-order valence-electron chi connectivity index (χ1n) is 14.0. The second kappa shape index (κ2) is 9.84. The van der Waals surface area contributed by atoms with Crippen LogP contribution in [0.1, 0.15) is 61.8 Å². The summed E-state index contributed by atoms with van der Waals surface area (Å²) in [5, 5.41) is 10.9. The van der Waals surface area contributed by atoms with E-state index in [0.717, 1.165) is 39.0 Å². The average molecular weight is 525 g/mol. The van der Waals surface area contributed by atoms with E-state index in [1.807, 2.05) is 18.2 Å². The molecule has 4 aromatic carbocycles. The van der Waals surface area contributed by atoms with Gasteiger partial charge in [0.1, 0.15) is 16.8 Å². The molecule has 0 bridgehead atoms. The Balaban J connectivity index is 1.82. The third kappa shape index (κ3) is 4.01. The lowest BCUT2D eigenvalue weighted by Gasteiger charge is -2.21. The Morgan fingerprint density at radius 3 is 2.17 bits per heavy atom. The Bertz CT molecular complexity index is 1900. The van der Waals surface area contributed by atoms with Crippen LogP contribution >= 0.6 is 0 Å². The van der Waals surface area contributed by atoms with E-state index in [4.69, 9.17) is 4.42 Å². The quantitative estimate of drug-likeness (QED) is 0.211. The maximum atomic E-state index is 9.88. The average Bonchev–Trinajstić information content (AvgIpc) is 3.55. The Hall–Kier alpha value is -4.62. The van der Waals surface area contributed by atoms with Crippen LogP contribution in [-0.4, -0.2) is 4.57 Å². The van der Waals surface area contributed by atoms with Crippen LogP contribution in [-0.2, 0) is 7.05 Å². The van der Waals surface area contributed by atoms with Gasteiger partial charge in [0.25, 0.3) is 5.82 Å². The molecule has 40 heavy (non-hydrogen) atoms. The molecule has 0 radical (unpaired) electrons. The lowest BCUT2D eigenvalue weighted by molar-refractivity contribution is -0.633. The van der Waals surface area contributed by atoms with E-state index in [1.54, 1.807) is 6.26 Å². The van der Waals surface area contributed by atoms with Crippen LogP contribution in [0, 0.1) is 18.3 Å². The van der Waals surface area contributed by atoms with Gasteiger partial charge in [-0.1, -0.05) is 70.2 Å². The van der Waals surface area contributed by atoms with Gasteiger partial charge in [0.05, 0.1) is 24.9 Å². The summed E-state index contributed by atoms with van der Waals surface area (Å²) in [5.41, 5.74) is 12.0. The van der Waals surface area contributed by atoms with Gasteiger partial charge in [-0.3, -0.25) is 0 Å². The molecule has 0 aliphatic heterocycles. The summed E-state index contributed by atoms with van der Waals surface area (Å²) < 4.78 is 10.8. The topological polar surface area (TPSA) is 45.7 Å². The molecule has 4 nitrogen and oxygen atoms in total. The van der Waals surface area contributed by atoms with Crippen LogP contribution in [0.25, 0.3) is 50.2 Å². The molecule has 6 aromatic rings. The first-order chi connectivity index (χ1) is 19.3. The lowest BCUT2D eigenvalue weighted by atomic mass is 9.88. The van der Waals surface area contributed by atoms with E-state index >= 15 is 0 Å². The zero-order valence-electron chi connectivity index (χ0n) is 24.0. The minimum absolute atomic E-state index is 0.270. The Labute approximate surface area is 235 Å². The highest BCUT2D eigenvalue weighted by atomic mass is 16.3. The van der Waals surface area contributed by atoms with Gasteiger partial charge < -0.3 is 4.42 Å². The summed E-state index contributed by atoms with van der Waals surface area (Å²) in [6, 6.07) is 30.0. The minimum atomic E-state index is 0.270. The van der Waals surface area contributed by atoms with Crippen molar-refractivity contribution in [3.63, 3.8) is 0 Å². The lowest BCUT2D eigenvalue weighted by Crippen LogP contribution is -2.30. The highest BCUT2D eigenvalue weighted by molar-refractivity contribution is 5.94. The number of hydrogen-bond donors (Lipinski definition) is 0. The third-order valence-corrected chi connectivity index (χ3v) is 8.03. The molecule has 0 atom stereocenters. The molecule has 0 N–H and O–H groups in total. The number of hydrogen-bond acceptors (Lipinski definition) is 2. The van der Waals surface area contributed by atoms with E-state index < -0.39 is 0 Å². The summed E-state index contributed by atoms with van der Waals surface area (Å²) in [6.07, 6.45) is 1.77. The first kappa shape index (κ1) is 25.6. The third-order valence-electron chi connectivity index (χ3n) is 8.03. The normalized spacial score (nSPS) is 11.7. The highest BCUT2D eigenvalue weighted by Crippen LogP contribution is 2.41. The van der Waals surface area contributed by atoms with Gasteiger partial charge in [-0.25, -0.2) is 4.57 Å². The van der Waals surface area contributed by atoms with Crippen LogP contribution in [0.4, 0.5) is 0 Å². The number of aromatic nitrogens is 2. The molecule has 198 valence electrons. The molecule has 2 aromatic heterocycles. The number of fused-ring (bicyclic) bond motifs is 2. The van der Waals surface area contributed by atoms with Gasteiger partial charge in [-0.2, -0.15) is 9.83 Å². The van der Waals surface area contributed by atoms with Crippen molar-refractivity contribution in [2.75, 3.05) is 0 Å². The Morgan fingerprint density at radius 2 is 1.52 bits per heavy atom. The summed E-state index contributed by atoms with van der Waals surface area (Å²) in [6.45, 7) is 11.2. The molecule has 0 amide bonds. The molecule has 0 unspecified atom stereocenters. The number of aryl methyl sites for hydroxylation is 2. The molecule has 4 heteroatoms. The minimum Gasteiger partial charge on any atom is -0.463 e. The van der Waals surface area contributed by atoms with E-state index in [0.29, 0.717) is 5.56 Å². The van der Waals surface area contributed by atoms with Crippen LogP contribution < -0.4 is 4.57 Å². The highest BCUT2D eigenvalue weighted by Gasteiger charge is 2.33. The van der Waals surface area contributed by atoms with Crippen molar-refractivity contribution in [3.05, 3.63) is 107 Å². The standard InChI is InChI=1S/C36H34N3O/c1-22(2)29-19-28(26-10-8-7-9-11-26)20-30(23(3)4)34(29)39-32-18-25(21-37)13-15-31(32)38(6)36(39)33-24(5)12-14-27-16-17-40-35(27)33/h7-20,22-23H,1-6H3/q+1. The second-order valence-corrected chi connectivity index (χ2v) is 11.3. The van der Waals surface area contributed by atoms with Gasteiger partial charge in [0, 0.05) is 22.6 Å². The van der Waals surface area contributed by atoms with Gasteiger partial charge in [0.15, 0.2) is 11.0 Å². The van der Waals surface area contributed by atoms with Gasteiger partial charge in [-0.05, 0) is 65.8 Å². The van der Waals surface area contributed by atoms with Crippen LogP contribution in [0.5, 0.6) is 0 Å². The fourth-order valence-corrected chi connectivity index (χ4v) is 5.96. The zero-order valence-corrected chi connectivity index (χ0v) is 24.0. The van der Waals surface area contributed by atoms with Crippen molar-refractivity contribution in [2.45, 2.75) is 46.5 Å². The van der Waals surface area contributed by atoms with Crippen molar-refractivity contribution in [2.24, 2.45) is 7.05 Å². The summed E-state index contributed by atoms with van der Waals surface area (Å²) in [7, 11) is 2.11. The Kier molecular flexibility index (Phi) is 6.31. The SMILES string of the molecule is Cc1ccc2ccoc2c1-c1n(-c2c(C(C)C)cc(-c3ccccc3)cc2C(C)C)c2cc(C#N)ccc2[n+]1C. The molecule has 0 spiro atoms. The van der Waals surface area contributed by atoms with E-state index in [1.165, 1.54) is 27.9 Å². The summed E-state index contributed by atoms with van der Waals surface area (Å²) in [4.78, 5) is 0. The predicted octanol–water partition coefficient (Wildman–Crippen LogP) is 8.96. The van der Waals surface area contributed by atoms with Crippen molar-refractivity contribution < 1.29 is 8.98 Å². The predicted molar refractivity (Wildman–Crippen MR) is 163 cm³/mol. The second-order valence-electron chi connectivity index (χ2n) is 11.3. The maximum absolute atomic E-state index is 9.88. The van der Waals surface area contributed by atoms with E-state index in [9.17, 15) is 5.26 Å². The Morgan fingerprint density at radius 1 is 0.825 bits per heavy atom. The van der Waals surface area contributed by atoms with Crippen molar-refractivity contribution >= 4 is 22.0 Å². The van der Waals surface area contributed by atoms with Gasteiger partial charge >= 0.3 is 0 Å². The molecule has 2 heterocycles. The van der Waals surface area contributed by atoms with Crippen LogP contribution in [0.3, 0.4) is 0 Å². The first-order valence-corrected chi connectivity index (χ1v) is 14.0. The zero-order chi connectivity index (χ0) is 28.1. The van der Waals surface area contributed by atoms with Crippen molar-refractivity contribution in [3.8, 4) is 34.3 Å². The molecule has 0 aliphatic carbocycles. The maximum Gasteiger partial charge on any atom is 0.299 e. The van der Waals surface area contributed by atoms with Crippen LogP contribution in [0.15, 0.2) is 89.5 Å². The molecular formula is C36H34N3O+. The molecule has 0 saturated carbocycles. The summed E-state index contributed by atoms with van der Waals surface area (Å²) in [5.74, 6) is 1.58. The molecule has 6 rings (SSSR count). The van der Waals surface area contributed by atoms with Gasteiger partial charge in [0.2, 0.25) is 0 Å². The molecule has 0 saturated heterocycles. The number of furan rings is 1. The number of rotatable bonds is 5. The number of benzene rings is 4. The van der Waals surface area contributed by atoms with E-state index in [2.05, 4.69) is 118 Å². The van der Waals surface area contributed by atoms with Crippen molar-refractivity contribution in [1.82, 2.24) is 4.57 Å². The van der Waals surface area contributed by atoms with Gasteiger partial charge in [-0.15, -0.1) is 0 Å². The number of nitrogens with zero attached hydrogens (tertiary/aromatic N) is 3. The number of nitriles is 1. The molecule has 0 aliphatic rings. The smallest absolute Gasteiger partial charge is 0.299 e. The van der Waals surface area contributed by atoms with Crippen molar-refractivity contribution in [1.29, 1.82) is 5.26 Å². The molecule has 0 fully saturated rings. The summed E-state index contributed by atoms with van der Waals surface area (Å²) >= 11 is 0. The number of imidazole rings is 1. The monoisotopic (exact) mass is 524 g/mol. The van der Waals surface area contributed by atoms with E-state index in [-0.39, 0.29) is 11.8 Å². The van der Waals surface area contributed by atoms with Crippen LogP contribution in [0.2, 0.25) is 0 Å². The fraction of sp³-hybridized carbons (Fsp3) is 0.222. The molecular weight excluding hydrogens is 490 g/mol. The fourth-order valence-electron chi connectivity index (χ4n) is 5.96.